The molecule has 0 aliphatic heterocycles. The lowest BCUT2D eigenvalue weighted by Gasteiger charge is -2.12. The van der Waals surface area contributed by atoms with Crippen LogP contribution in [0.3, 0.4) is 0 Å². The van der Waals surface area contributed by atoms with Crippen LogP contribution in [0.2, 0.25) is 0 Å². The third-order valence-electron chi connectivity index (χ3n) is 3.56. The van der Waals surface area contributed by atoms with Gasteiger partial charge in [0.15, 0.2) is 11.5 Å². The fraction of sp³-hybridized carbons (Fsp3) is 0.389. The molecule has 1 amide bonds. The molecule has 0 aliphatic carbocycles. The average Bonchev–Trinajstić information content (AvgIpc) is 3.10. The minimum atomic E-state index is -0.281. The normalized spacial score (nSPS) is 10.8. The van der Waals surface area contributed by atoms with Crippen molar-refractivity contribution in [2.24, 2.45) is 0 Å². The number of amides is 1. The molecule has 0 aliphatic rings. The maximum absolute atomic E-state index is 12.1. The van der Waals surface area contributed by atoms with Crippen molar-refractivity contribution >= 4 is 28.5 Å². The van der Waals surface area contributed by atoms with E-state index in [-0.39, 0.29) is 5.91 Å². The first-order valence-electron chi connectivity index (χ1n) is 8.22. The van der Waals surface area contributed by atoms with Crippen LogP contribution in [-0.4, -0.2) is 37.4 Å². The van der Waals surface area contributed by atoms with Gasteiger partial charge in [-0.25, -0.2) is 0 Å². The van der Waals surface area contributed by atoms with E-state index < -0.39 is 0 Å². The van der Waals surface area contributed by atoms with Gasteiger partial charge >= 0.3 is 0 Å². The highest BCUT2D eigenvalue weighted by Crippen LogP contribution is 2.38. The van der Waals surface area contributed by atoms with Gasteiger partial charge in [-0.05, 0) is 30.2 Å². The Hall–Kier alpha value is -2.61. The molecule has 26 heavy (non-hydrogen) atoms. The quantitative estimate of drug-likeness (QED) is 0.673. The van der Waals surface area contributed by atoms with Crippen LogP contribution in [-0.2, 0) is 11.2 Å². The molecule has 0 spiro atoms. The predicted molar refractivity (Wildman–Crippen MR) is 102 cm³/mol. The zero-order valence-electron chi connectivity index (χ0n) is 15.4. The van der Waals surface area contributed by atoms with E-state index >= 15 is 0 Å². The van der Waals surface area contributed by atoms with Crippen LogP contribution >= 0.6 is 11.3 Å². The van der Waals surface area contributed by atoms with Gasteiger partial charge in [0.25, 0.3) is 0 Å². The van der Waals surface area contributed by atoms with Crippen molar-refractivity contribution in [3.8, 4) is 17.2 Å². The Labute approximate surface area is 157 Å². The van der Waals surface area contributed by atoms with Crippen molar-refractivity contribution in [1.29, 1.82) is 0 Å². The Morgan fingerprint density at radius 3 is 2.42 bits per heavy atom. The smallest absolute Gasteiger partial charge is 0.250 e. The van der Waals surface area contributed by atoms with Gasteiger partial charge in [0, 0.05) is 12.5 Å². The summed E-state index contributed by atoms with van der Waals surface area (Å²) in [5, 5.41) is 12.2. The lowest BCUT2D eigenvalue weighted by atomic mass is 10.1. The summed E-state index contributed by atoms with van der Waals surface area (Å²) < 4.78 is 15.9. The third-order valence-corrected chi connectivity index (χ3v) is 4.45. The summed E-state index contributed by atoms with van der Waals surface area (Å²) >= 11 is 1.40. The first-order valence-corrected chi connectivity index (χ1v) is 9.04. The first-order chi connectivity index (χ1) is 12.6. The molecule has 0 fully saturated rings. The Morgan fingerprint density at radius 1 is 1.15 bits per heavy atom. The number of rotatable bonds is 9. The second kappa shape index (κ2) is 9.76. The molecule has 1 heterocycles. The van der Waals surface area contributed by atoms with Crippen molar-refractivity contribution in [1.82, 2.24) is 10.2 Å². The van der Waals surface area contributed by atoms with Crippen LogP contribution in [0.15, 0.2) is 18.2 Å². The molecule has 0 radical (unpaired) electrons. The average molecular weight is 377 g/mol. The lowest BCUT2D eigenvalue weighted by Crippen LogP contribution is -2.07. The Morgan fingerprint density at radius 2 is 1.85 bits per heavy atom. The van der Waals surface area contributed by atoms with Gasteiger partial charge in [0.05, 0.1) is 21.3 Å². The molecule has 1 aromatic heterocycles. The molecule has 0 unspecified atom stereocenters. The molecular weight excluding hydrogens is 354 g/mol. The summed E-state index contributed by atoms with van der Waals surface area (Å²) in [5.74, 6) is 1.27. The molecule has 140 valence electrons. The number of hydrogen-bond donors (Lipinski definition) is 1. The Balaban J connectivity index is 2.06. The molecule has 0 bridgehead atoms. The number of aryl methyl sites for hydroxylation is 1. The maximum atomic E-state index is 12.1. The van der Waals surface area contributed by atoms with E-state index in [4.69, 9.17) is 14.2 Å². The largest absolute Gasteiger partial charge is 0.493 e. The van der Waals surface area contributed by atoms with Crippen LogP contribution in [0.25, 0.3) is 6.08 Å². The summed E-state index contributed by atoms with van der Waals surface area (Å²) in [6, 6.07) is 3.53. The molecule has 0 saturated carbocycles. The van der Waals surface area contributed by atoms with Gasteiger partial charge in [0.1, 0.15) is 5.01 Å². The van der Waals surface area contributed by atoms with Gasteiger partial charge in [-0.15, -0.1) is 10.2 Å². The summed E-state index contributed by atoms with van der Waals surface area (Å²) in [5.41, 5.74) is 0.746. The van der Waals surface area contributed by atoms with Gasteiger partial charge in [0.2, 0.25) is 16.8 Å². The zero-order valence-corrected chi connectivity index (χ0v) is 16.2. The number of carbonyl (C=O) groups is 1. The first kappa shape index (κ1) is 19.7. The van der Waals surface area contributed by atoms with E-state index in [0.717, 1.165) is 29.8 Å². The summed E-state index contributed by atoms with van der Waals surface area (Å²) in [4.78, 5) is 12.1. The molecule has 7 nitrogen and oxygen atoms in total. The van der Waals surface area contributed by atoms with Crippen LogP contribution < -0.4 is 19.5 Å². The number of ether oxygens (including phenoxy) is 3. The van der Waals surface area contributed by atoms with Crippen LogP contribution in [0.5, 0.6) is 17.2 Å². The molecule has 1 N–H and O–H groups in total. The molecule has 0 saturated heterocycles. The van der Waals surface area contributed by atoms with Crippen molar-refractivity contribution in [3.63, 3.8) is 0 Å². The van der Waals surface area contributed by atoms with E-state index in [1.807, 2.05) is 0 Å². The number of nitrogens with one attached hydrogen (secondary N) is 1. The van der Waals surface area contributed by atoms with Gasteiger partial charge in [-0.1, -0.05) is 24.7 Å². The number of anilines is 1. The van der Waals surface area contributed by atoms with Crippen LogP contribution in [0, 0.1) is 0 Å². The lowest BCUT2D eigenvalue weighted by molar-refractivity contribution is -0.111. The topological polar surface area (TPSA) is 82.6 Å². The van der Waals surface area contributed by atoms with Crippen molar-refractivity contribution < 1.29 is 19.0 Å². The zero-order chi connectivity index (χ0) is 18.9. The highest BCUT2D eigenvalue weighted by molar-refractivity contribution is 7.15. The van der Waals surface area contributed by atoms with Crippen molar-refractivity contribution in [3.05, 3.63) is 28.8 Å². The number of unbranched alkanes of at least 4 members (excludes halogenated alkanes) is 1. The second-order valence-corrected chi connectivity index (χ2v) is 6.45. The fourth-order valence-corrected chi connectivity index (χ4v) is 3.03. The molecule has 0 atom stereocenters. The van der Waals surface area contributed by atoms with Gasteiger partial charge < -0.3 is 14.2 Å². The van der Waals surface area contributed by atoms with Crippen molar-refractivity contribution in [2.75, 3.05) is 26.6 Å². The third kappa shape index (κ3) is 5.19. The summed E-state index contributed by atoms with van der Waals surface area (Å²) in [7, 11) is 4.63. The van der Waals surface area contributed by atoms with E-state index in [1.54, 1.807) is 39.5 Å². The number of methoxy groups -OCH3 is 3. The number of nitrogens with zero attached hydrogens (tertiary/aromatic N) is 2. The standard InChI is InChI=1S/C18H23N3O4S/c1-5-6-7-16-20-21-18(26-16)19-15(22)9-8-12-10-13(23-2)17(25-4)14(11-12)24-3/h8-11H,5-7H2,1-4H3,(H,19,21,22). The molecule has 1 aromatic carbocycles. The number of aromatic nitrogens is 2. The molecule has 8 heteroatoms. The fourth-order valence-electron chi connectivity index (χ4n) is 2.25. The van der Waals surface area contributed by atoms with Crippen LogP contribution in [0.1, 0.15) is 30.3 Å². The minimum Gasteiger partial charge on any atom is -0.493 e. The summed E-state index contributed by atoms with van der Waals surface area (Å²) in [6.45, 7) is 2.12. The molecular formula is C18H23N3O4S. The highest BCUT2D eigenvalue weighted by atomic mass is 32.1. The SMILES string of the molecule is CCCCc1nnc(NC(=O)C=Cc2cc(OC)c(OC)c(OC)c2)s1. The maximum Gasteiger partial charge on any atom is 0.250 e. The predicted octanol–water partition coefficient (Wildman–Crippen LogP) is 3.56. The van der Waals surface area contributed by atoms with E-state index in [2.05, 4.69) is 22.4 Å². The van der Waals surface area contributed by atoms with E-state index in [0.29, 0.717) is 22.4 Å². The monoisotopic (exact) mass is 377 g/mol. The number of hydrogen-bond acceptors (Lipinski definition) is 7. The Bertz CT molecular complexity index is 749. The van der Waals surface area contributed by atoms with E-state index in [1.165, 1.54) is 17.4 Å². The second-order valence-electron chi connectivity index (χ2n) is 5.39. The summed E-state index contributed by atoms with van der Waals surface area (Å²) in [6.07, 6.45) is 6.13. The van der Waals surface area contributed by atoms with Gasteiger partial charge in [-0.3, -0.25) is 10.1 Å². The number of benzene rings is 1. The highest BCUT2D eigenvalue weighted by Gasteiger charge is 2.12. The van der Waals surface area contributed by atoms with Crippen LogP contribution in [0.4, 0.5) is 5.13 Å². The van der Waals surface area contributed by atoms with Gasteiger partial charge in [-0.2, -0.15) is 0 Å². The Kier molecular flexibility index (Phi) is 7.40. The minimum absolute atomic E-state index is 0.281. The van der Waals surface area contributed by atoms with Crippen molar-refractivity contribution in [2.45, 2.75) is 26.2 Å². The van der Waals surface area contributed by atoms with E-state index in [9.17, 15) is 4.79 Å². The molecule has 2 rings (SSSR count). The molecule has 2 aromatic rings. The number of carbonyl (C=O) groups excluding carboxylic acids is 1.